The zero-order valence-corrected chi connectivity index (χ0v) is 19.2. The van der Waals surface area contributed by atoms with Gasteiger partial charge in [0.25, 0.3) is 0 Å². The summed E-state index contributed by atoms with van der Waals surface area (Å²) in [4.78, 5) is 28.1. The van der Waals surface area contributed by atoms with Gasteiger partial charge in [-0.3, -0.25) is 14.9 Å². The van der Waals surface area contributed by atoms with Crippen LogP contribution in [0, 0.1) is 6.92 Å². The van der Waals surface area contributed by atoms with E-state index in [9.17, 15) is 4.79 Å². The Hall–Kier alpha value is -3.35. The molecule has 1 N–H and O–H groups in total. The van der Waals surface area contributed by atoms with Crippen molar-refractivity contribution in [2.45, 2.75) is 70.3 Å². The number of H-pyrrole nitrogens is 1. The number of nitrogens with one attached hydrogen (secondary N) is 1. The fourth-order valence-corrected chi connectivity index (χ4v) is 4.83. The van der Waals surface area contributed by atoms with Gasteiger partial charge >= 0.3 is 0 Å². The zero-order valence-electron chi connectivity index (χ0n) is 19.2. The van der Waals surface area contributed by atoms with Gasteiger partial charge in [-0.1, -0.05) is 24.6 Å². The summed E-state index contributed by atoms with van der Waals surface area (Å²) in [5, 5.41) is 11.3. The Morgan fingerprint density at radius 1 is 1.12 bits per heavy atom. The van der Waals surface area contributed by atoms with Gasteiger partial charge in [0, 0.05) is 41.6 Å². The molecule has 170 valence electrons. The summed E-state index contributed by atoms with van der Waals surface area (Å²) in [5.74, 6) is 0.719. The monoisotopic (exact) mass is 443 g/mol. The van der Waals surface area contributed by atoms with E-state index in [-0.39, 0.29) is 17.3 Å². The quantitative estimate of drug-likeness (QED) is 0.516. The van der Waals surface area contributed by atoms with E-state index < -0.39 is 0 Å². The van der Waals surface area contributed by atoms with E-state index in [4.69, 9.17) is 4.84 Å². The van der Waals surface area contributed by atoms with Crippen molar-refractivity contribution in [1.29, 1.82) is 0 Å². The maximum atomic E-state index is 13.3. The number of rotatable bonds is 6. The second kappa shape index (κ2) is 8.89. The van der Waals surface area contributed by atoms with Crippen LogP contribution >= 0.6 is 0 Å². The summed E-state index contributed by atoms with van der Waals surface area (Å²) in [7, 11) is 0. The first-order valence-corrected chi connectivity index (χ1v) is 11.7. The van der Waals surface area contributed by atoms with Crippen molar-refractivity contribution >= 4 is 11.5 Å². The standard InChI is InChI=1S/C26H29N5O2/c1-17-6-7-22(27-15-17)19-11-20(23-14-26(33-31-23)8-4-3-5-9-26)13-21(12-19)24(32)10-18(2)25-28-16-29-30-25/h6-7,11-13,15-16,18H,3-5,8-10,14H2,1-2H3,(H,28,29,30)/t18-/m0/s1. The van der Waals surface area contributed by atoms with Gasteiger partial charge in [-0.25, -0.2) is 4.98 Å². The highest BCUT2D eigenvalue weighted by Crippen LogP contribution is 2.40. The van der Waals surface area contributed by atoms with Gasteiger partial charge in [-0.2, -0.15) is 5.10 Å². The van der Waals surface area contributed by atoms with E-state index >= 15 is 0 Å². The number of carbonyl (C=O) groups excluding carboxylic acids is 1. The lowest BCUT2D eigenvalue weighted by Gasteiger charge is -2.30. The molecule has 0 radical (unpaired) electrons. The molecule has 1 aliphatic heterocycles. The number of carbonyl (C=O) groups is 1. The third kappa shape index (κ3) is 4.58. The lowest BCUT2D eigenvalue weighted by molar-refractivity contribution is -0.0449. The van der Waals surface area contributed by atoms with Crippen molar-refractivity contribution in [2.75, 3.05) is 0 Å². The summed E-state index contributed by atoms with van der Waals surface area (Å²) >= 11 is 0. The number of nitrogens with zero attached hydrogens (tertiary/aromatic N) is 4. The summed E-state index contributed by atoms with van der Waals surface area (Å²) in [6.45, 7) is 3.99. The van der Waals surface area contributed by atoms with E-state index in [1.165, 1.54) is 25.6 Å². The number of aromatic amines is 1. The van der Waals surface area contributed by atoms with Crippen molar-refractivity contribution in [3.8, 4) is 11.3 Å². The van der Waals surface area contributed by atoms with Crippen LogP contribution < -0.4 is 0 Å². The highest BCUT2D eigenvalue weighted by molar-refractivity contribution is 6.06. The average Bonchev–Trinajstić information content (AvgIpc) is 3.51. The Morgan fingerprint density at radius 2 is 1.94 bits per heavy atom. The van der Waals surface area contributed by atoms with Crippen molar-refractivity contribution in [1.82, 2.24) is 20.2 Å². The number of pyridine rings is 1. The SMILES string of the molecule is Cc1ccc(-c2cc(C(=O)C[C@H](C)c3ncn[nH]3)cc(C3=NOC4(CCCCC4)C3)c2)nc1. The Bertz CT molecular complexity index is 1160. The van der Waals surface area contributed by atoms with Gasteiger partial charge in [-0.15, -0.1) is 0 Å². The molecule has 1 saturated carbocycles. The van der Waals surface area contributed by atoms with Crippen molar-refractivity contribution in [2.24, 2.45) is 5.16 Å². The lowest BCUT2D eigenvalue weighted by atomic mass is 9.80. The Kier molecular flexibility index (Phi) is 5.79. The second-order valence-electron chi connectivity index (χ2n) is 9.47. The molecule has 5 rings (SSSR count). The molecule has 33 heavy (non-hydrogen) atoms. The topological polar surface area (TPSA) is 93.1 Å². The molecular formula is C26H29N5O2. The smallest absolute Gasteiger partial charge is 0.163 e. The molecule has 1 aromatic carbocycles. The number of oxime groups is 1. The Balaban J connectivity index is 1.47. The van der Waals surface area contributed by atoms with Crippen LogP contribution in [0.4, 0.5) is 0 Å². The first-order chi connectivity index (χ1) is 16.0. The van der Waals surface area contributed by atoms with Crippen LogP contribution in [0.2, 0.25) is 0 Å². The Labute approximate surface area is 193 Å². The highest BCUT2D eigenvalue weighted by atomic mass is 16.7. The summed E-state index contributed by atoms with van der Waals surface area (Å²) in [5.41, 5.74) is 5.19. The van der Waals surface area contributed by atoms with Crippen LogP contribution in [0.1, 0.15) is 85.1 Å². The first kappa shape index (κ1) is 21.5. The van der Waals surface area contributed by atoms with E-state index in [1.807, 2.05) is 44.3 Å². The van der Waals surface area contributed by atoms with Crippen LogP contribution in [0.5, 0.6) is 0 Å². The molecule has 3 heterocycles. The molecule has 1 fully saturated rings. The van der Waals surface area contributed by atoms with Gasteiger partial charge < -0.3 is 4.84 Å². The molecule has 1 atom stereocenters. The van der Waals surface area contributed by atoms with E-state index in [2.05, 4.69) is 31.4 Å². The molecule has 3 aromatic rings. The molecule has 0 saturated heterocycles. The molecular weight excluding hydrogens is 414 g/mol. The molecule has 1 aliphatic carbocycles. The van der Waals surface area contributed by atoms with Gasteiger partial charge in [0.1, 0.15) is 17.8 Å². The molecule has 0 unspecified atom stereocenters. The lowest BCUT2D eigenvalue weighted by Crippen LogP contribution is -2.31. The van der Waals surface area contributed by atoms with Crippen LogP contribution in [-0.2, 0) is 4.84 Å². The number of benzene rings is 1. The number of hydrogen-bond donors (Lipinski definition) is 1. The molecule has 7 nitrogen and oxygen atoms in total. The van der Waals surface area contributed by atoms with Gasteiger partial charge in [0.2, 0.25) is 0 Å². The molecule has 0 amide bonds. The zero-order chi connectivity index (χ0) is 22.8. The number of aryl methyl sites for hydroxylation is 1. The molecule has 2 aliphatic rings. The van der Waals surface area contributed by atoms with Gasteiger partial charge in [0.15, 0.2) is 5.78 Å². The molecule has 1 spiro atoms. The van der Waals surface area contributed by atoms with Gasteiger partial charge in [0.05, 0.1) is 11.4 Å². The molecule has 7 heteroatoms. The maximum absolute atomic E-state index is 13.3. The number of ketones is 1. The summed E-state index contributed by atoms with van der Waals surface area (Å²) in [6, 6.07) is 10.0. The third-order valence-electron chi connectivity index (χ3n) is 6.79. The minimum atomic E-state index is -0.170. The van der Waals surface area contributed by atoms with E-state index in [0.717, 1.165) is 47.4 Å². The minimum absolute atomic E-state index is 0.0535. The second-order valence-corrected chi connectivity index (χ2v) is 9.47. The van der Waals surface area contributed by atoms with E-state index in [0.29, 0.717) is 17.8 Å². The normalized spacial score (nSPS) is 18.1. The minimum Gasteiger partial charge on any atom is -0.389 e. The number of hydrogen-bond acceptors (Lipinski definition) is 6. The van der Waals surface area contributed by atoms with Crippen LogP contribution in [0.3, 0.4) is 0 Å². The number of Topliss-reactive ketones (excluding diaryl/α,β-unsaturated/α-hetero) is 1. The molecule has 2 aromatic heterocycles. The van der Waals surface area contributed by atoms with Crippen LogP contribution in [0.15, 0.2) is 48.0 Å². The summed E-state index contributed by atoms with van der Waals surface area (Å²) in [6.07, 6.45) is 10.2. The predicted molar refractivity (Wildman–Crippen MR) is 126 cm³/mol. The largest absolute Gasteiger partial charge is 0.389 e. The maximum Gasteiger partial charge on any atom is 0.163 e. The number of aromatic nitrogens is 4. The first-order valence-electron chi connectivity index (χ1n) is 11.7. The van der Waals surface area contributed by atoms with Crippen molar-refractivity contribution < 1.29 is 9.63 Å². The third-order valence-corrected chi connectivity index (χ3v) is 6.79. The highest BCUT2D eigenvalue weighted by Gasteiger charge is 2.40. The molecule has 0 bridgehead atoms. The predicted octanol–water partition coefficient (Wildman–Crippen LogP) is 5.38. The summed E-state index contributed by atoms with van der Waals surface area (Å²) < 4.78 is 0. The van der Waals surface area contributed by atoms with Crippen molar-refractivity contribution in [3.63, 3.8) is 0 Å². The fraction of sp³-hybridized carbons (Fsp3) is 0.423. The Morgan fingerprint density at radius 3 is 2.67 bits per heavy atom. The van der Waals surface area contributed by atoms with Crippen LogP contribution in [-0.4, -0.2) is 37.3 Å². The van der Waals surface area contributed by atoms with Crippen molar-refractivity contribution in [3.05, 3.63) is 65.4 Å². The fourth-order valence-electron chi connectivity index (χ4n) is 4.83. The van der Waals surface area contributed by atoms with Gasteiger partial charge in [-0.05, 0) is 62.4 Å². The average molecular weight is 444 g/mol. The van der Waals surface area contributed by atoms with Crippen LogP contribution in [0.25, 0.3) is 11.3 Å². The van der Waals surface area contributed by atoms with E-state index in [1.54, 1.807) is 0 Å².